The van der Waals surface area contributed by atoms with Crippen molar-refractivity contribution in [3.8, 4) is 11.3 Å². The van der Waals surface area contributed by atoms with Gasteiger partial charge in [-0.1, -0.05) is 36.8 Å². The van der Waals surface area contributed by atoms with E-state index < -0.39 is 5.91 Å². The van der Waals surface area contributed by atoms with Gasteiger partial charge in [-0.15, -0.1) is 0 Å². The molecule has 1 aromatic heterocycles. The normalized spacial score (nSPS) is 12.0. The number of aromatic nitrogens is 1. The quantitative estimate of drug-likeness (QED) is 0.517. The monoisotopic (exact) mass is 299 g/mol. The molecule has 0 radical (unpaired) electrons. The van der Waals surface area contributed by atoms with Gasteiger partial charge in [-0.3, -0.25) is 15.0 Å². The molecular formula is C17H21N3O2. The summed E-state index contributed by atoms with van der Waals surface area (Å²) in [6.07, 6.45) is 0.784. The van der Waals surface area contributed by atoms with Crippen LogP contribution in [0.1, 0.15) is 42.2 Å². The molecule has 0 saturated heterocycles. The first kappa shape index (κ1) is 16.0. The van der Waals surface area contributed by atoms with Crippen molar-refractivity contribution in [1.82, 2.24) is 9.99 Å². The highest BCUT2D eigenvalue weighted by atomic mass is 16.2. The average Bonchev–Trinajstić information content (AvgIpc) is 2.54. The van der Waals surface area contributed by atoms with Gasteiger partial charge in [0.25, 0.3) is 11.5 Å². The first-order valence-corrected chi connectivity index (χ1v) is 7.33. The lowest BCUT2D eigenvalue weighted by molar-refractivity contribution is 0.0951. The molecular weight excluding hydrogens is 278 g/mol. The van der Waals surface area contributed by atoms with E-state index in [1.165, 1.54) is 6.07 Å². The molecule has 1 atom stereocenters. The van der Waals surface area contributed by atoms with Crippen molar-refractivity contribution in [3.63, 3.8) is 0 Å². The largest absolute Gasteiger partial charge is 0.305 e. The van der Waals surface area contributed by atoms with Crippen LogP contribution in [-0.4, -0.2) is 10.5 Å². The summed E-state index contributed by atoms with van der Waals surface area (Å²) in [6.45, 7) is 5.98. The summed E-state index contributed by atoms with van der Waals surface area (Å²) < 4.78 is 1.66. The lowest BCUT2D eigenvalue weighted by Gasteiger charge is -2.20. The Hall–Kier alpha value is -2.40. The standard InChI is InChI=1S/C17H21N3O2/c1-4-12(3)20-15(13-7-5-11(2)6-8-13)10-9-14(17(20)22)16(21)19-18/h5-10,12H,4,18H2,1-3H3,(H,19,21). The third-order valence-corrected chi connectivity index (χ3v) is 3.87. The summed E-state index contributed by atoms with van der Waals surface area (Å²) >= 11 is 0. The van der Waals surface area contributed by atoms with Gasteiger partial charge in [-0.25, -0.2) is 5.84 Å². The van der Waals surface area contributed by atoms with Crippen LogP contribution in [0, 0.1) is 6.92 Å². The Morgan fingerprint density at radius 2 is 1.86 bits per heavy atom. The zero-order valence-corrected chi connectivity index (χ0v) is 13.1. The smallest absolute Gasteiger partial charge is 0.270 e. The summed E-state index contributed by atoms with van der Waals surface area (Å²) in [7, 11) is 0. The molecule has 2 aromatic rings. The fraction of sp³-hybridized carbons (Fsp3) is 0.294. The van der Waals surface area contributed by atoms with Gasteiger partial charge in [0, 0.05) is 6.04 Å². The molecule has 3 N–H and O–H groups in total. The molecule has 5 nitrogen and oxygen atoms in total. The van der Waals surface area contributed by atoms with Crippen LogP contribution in [0.4, 0.5) is 0 Å². The number of rotatable bonds is 4. The van der Waals surface area contributed by atoms with Crippen molar-refractivity contribution in [3.05, 3.63) is 57.9 Å². The Labute approximate surface area is 129 Å². The van der Waals surface area contributed by atoms with Crippen molar-refractivity contribution in [2.75, 3.05) is 0 Å². The van der Waals surface area contributed by atoms with Gasteiger partial charge in [0.2, 0.25) is 0 Å². The van der Waals surface area contributed by atoms with Crippen LogP contribution in [0.3, 0.4) is 0 Å². The Morgan fingerprint density at radius 1 is 1.23 bits per heavy atom. The molecule has 1 aromatic carbocycles. The van der Waals surface area contributed by atoms with Crippen LogP contribution >= 0.6 is 0 Å². The molecule has 0 spiro atoms. The average molecular weight is 299 g/mol. The second kappa shape index (κ2) is 6.58. The van der Waals surface area contributed by atoms with E-state index in [4.69, 9.17) is 5.84 Å². The lowest BCUT2D eigenvalue weighted by Crippen LogP contribution is -2.37. The van der Waals surface area contributed by atoms with Crippen LogP contribution in [0.25, 0.3) is 11.3 Å². The minimum atomic E-state index is -0.572. The second-order valence-corrected chi connectivity index (χ2v) is 5.40. The number of hydrogen-bond acceptors (Lipinski definition) is 3. The number of hydrazine groups is 1. The van der Waals surface area contributed by atoms with Gasteiger partial charge in [-0.05, 0) is 38.0 Å². The minimum absolute atomic E-state index is 0.0191. The molecule has 1 amide bonds. The molecule has 0 aliphatic rings. The number of pyridine rings is 1. The zero-order chi connectivity index (χ0) is 16.3. The predicted molar refractivity (Wildman–Crippen MR) is 87.5 cm³/mol. The predicted octanol–water partition coefficient (Wildman–Crippen LogP) is 2.40. The van der Waals surface area contributed by atoms with Crippen LogP contribution in [0.2, 0.25) is 0 Å². The second-order valence-electron chi connectivity index (χ2n) is 5.40. The van der Waals surface area contributed by atoms with Crippen molar-refractivity contribution < 1.29 is 4.79 Å². The van der Waals surface area contributed by atoms with Crippen molar-refractivity contribution in [2.45, 2.75) is 33.2 Å². The minimum Gasteiger partial charge on any atom is -0.305 e. The van der Waals surface area contributed by atoms with Gasteiger partial charge < -0.3 is 4.57 Å². The van der Waals surface area contributed by atoms with Gasteiger partial charge in [-0.2, -0.15) is 0 Å². The fourth-order valence-electron chi connectivity index (χ4n) is 2.38. The lowest BCUT2D eigenvalue weighted by atomic mass is 10.1. The number of aryl methyl sites for hydroxylation is 1. The number of nitrogens with zero attached hydrogens (tertiary/aromatic N) is 1. The summed E-state index contributed by atoms with van der Waals surface area (Å²) in [6, 6.07) is 11.3. The van der Waals surface area contributed by atoms with E-state index >= 15 is 0 Å². The number of amides is 1. The van der Waals surface area contributed by atoms with Crippen LogP contribution < -0.4 is 16.8 Å². The van der Waals surface area contributed by atoms with E-state index in [-0.39, 0.29) is 17.2 Å². The Balaban J connectivity index is 2.69. The SMILES string of the molecule is CCC(C)n1c(-c2ccc(C)cc2)ccc(C(=O)NN)c1=O. The number of nitrogens with two attached hydrogens (primary N) is 1. The first-order valence-electron chi connectivity index (χ1n) is 7.33. The van der Waals surface area contributed by atoms with Gasteiger partial charge in [0.05, 0.1) is 5.69 Å². The van der Waals surface area contributed by atoms with Gasteiger partial charge in [0.1, 0.15) is 5.56 Å². The van der Waals surface area contributed by atoms with Crippen LogP contribution in [0.5, 0.6) is 0 Å². The number of hydrogen-bond donors (Lipinski definition) is 2. The first-order chi connectivity index (χ1) is 10.5. The molecule has 0 fully saturated rings. The third kappa shape index (κ3) is 2.94. The molecule has 2 rings (SSSR count). The number of carbonyl (C=O) groups excluding carboxylic acids is 1. The van der Waals surface area contributed by atoms with Crippen LogP contribution in [-0.2, 0) is 0 Å². The molecule has 22 heavy (non-hydrogen) atoms. The number of carbonyl (C=O) groups is 1. The topological polar surface area (TPSA) is 77.1 Å². The summed E-state index contributed by atoms with van der Waals surface area (Å²) in [5.41, 5.74) is 4.65. The molecule has 5 heteroatoms. The summed E-state index contributed by atoms with van der Waals surface area (Å²) in [5.74, 6) is 4.58. The van der Waals surface area contributed by atoms with E-state index in [1.54, 1.807) is 10.6 Å². The Morgan fingerprint density at radius 3 is 2.41 bits per heavy atom. The van der Waals surface area contributed by atoms with Crippen molar-refractivity contribution >= 4 is 5.91 Å². The van der Waals surface area contributed by atoms with Crippen molar-refractivity contribution in [2.24, 2.45) is 5.84 Å². The maximum atomic E-state index is 12.7. The van der Waals surface area contributed by atoms with Gasteiger partial charge in [0.15, 0.2) is 0 Å². The molecule has 0 aliphatic carbocycles. The Kier molecular flexibility index (Phi) is 4.78. The molecule has 0 saturated carbocycles. The molecule has 1 unspecified atom stereocenters. The summed E-state index contributed by atoms with van der Waals surface area (Å²) in [4.78, 5) is 24.4. The molecule has 116 valence electrons. The van der Waals surface area contributed by atoms with E-state index in [1.807, 2.05) is 50.5 Å². The van der Waals surface area contributed by atoms with Crippen LogP contribution in [0.15, 0.2) is 41.2 Å². The fourth-order valence-corrected chi connectivity index (χ4v) is 2.38. The molecule has 0 bridgehead atoms. The molecule has 1 heterocycles. The van der Waals surface area contributed by atoms with E-state index in [2.05, 4.69) is 0 Å². The number of nitrogens with one attached hydrogen (secondary N) is 1. The number of nitrogen functional groups attached to an aromatic ring is 1. The Bertz CT molecular complexity index is 733. The van der Waals surface area contributed by atoms with Gasteiger partial charge >= 0.3 is 0 Å². The molecule has 0 aliphatic heterocycles. The zero-order valence-electron chi connectivity index (χ0n) is 13.1. The maximum Gasteiger partial charge on any atom is 0.270 e. The highest BCUT2D eigenvalue weighted by Crippen LogP contribution is 2.23. The van der Waals surface area contributed by atoms with E-state index in [0.29, 0.717) is 0 Å². The van der Waals surface area contributed by atoms with E-state index in [9.17, 15) is 9.59 Å². The van der Waals surface area contributed by atoms with E-state index in [0.717, 1.165) is 23.2 Å². The third-order valence-electron chi connectivity index (χ3n) is 3.87. The number of benzene rings is 1. The van der Waals surface area contributed by atoms with Crippen molar-refractivity contribution in [1.29, 1.82) is 0 Å². The highest BCUT2D eigenvalue weighted by Gasteiger charge is 2.18. The highest BCUT2D eigenvalue weighted by molar-refractivity contribution is 5.93. The summed E-state index contributed by atoms with van der Waals surface area (Å²) in [5, 5.41) is 0. The maximum absolute atomic E-state index is 12.7.